The fourth-order valence-electron chi connectivity index (χ4n) is 9.04. The number of hydrogen-bond acceptors (Lipinski definition) is 3. The van der Waals surface area contributed by atoms with Gasteiger partial charge in [-0.05, 0) is 76.5 Å². The first-order valence-electron chi connectivity index (χ1n) is 20.3. The molecule has 280 valence electrons. The van der Waals surface area contributed by atoms with Gasteiger partial charge in [0, 0.05) is 43.9 Å². The van der Waals surface area contributed by atoms with Crippen LogP contribution >= 0.6 is 0 Å². The quantitative estimate of drug-likeness (QED) is 0.169. The molecule has 9 aromatic carbocycles. The second-order valence-corrected chi connectivity index (χ2v) is 15.2. The Balaban J connectivity index is 1.07. The third-order valence-electron chi connectivity index (χ3n) is 11.8. The molecule has 3 heterocycles. The van der Waals surface area contributed by atoms with Gasteiger partial charge in [-0.25, -0.2) is 15.0 Å². The highest BCUT2D eigenvalue weighted by Crippen LogP contribution is 2.40. The summed E-state index contributed by atoms with van der Waals surface area (Å²) < 4.78 is 4.77. The molecule has 0 aliphatic heterocycles. The van der Waals surface area contributed by atoms with E-state index in [2.05, 4.69) is 197 Å². The molecular weight excluding hydrogens is 731 g/mol. The summed E-state index contributed by atoms with van der Waals surface area (Å²) in [5, 5.41) is 7.23. The molecule has 0 radical (unpaired) electrons. The second-order valence-electron chi connectivity index (χ2n) is 15.2. The monoisotopic (exact) mass is 765 g/mol. The van der Waals surface area contributed by atoms with Crippen molar-refractivity contribution in [2.45, 2.75) is 0 Å². The molecule has 0 fully saturated rings. The summed E-state index contributed by atoms with van der Waals surface area (Å²) in [4.78, 5) is 15.7. The molecule has 0 bridgehead atoms. The van der Waals surface area contributed by atoms with Crippen LogP contribution in [0.4, 0.5) is 0 Å². The zero-order chi connectivity index (χ0) is 39.6. The van der Waals surface area contributed by atoms with Gasteiger partial charge in [0.2, 0.25) is 0 Å². The molecular formula is C55H35N5. The molecule has 0 N–H and O–H groups in total. The minimum Gasteiger partial charge on any atom is -0.309 e. The van der Waals surface area contributed by atoms with Crippen molar-refractivity contribution in [3.05, 3.63) is 212 Å². The number of rotatable bonds is 6. The molecule has 0 spiro atoms. The minimum absolute atomic E-state index is 0.611. The lowest BCUT2D eigenvalue weighted by atomic mass is 9.99. The number of nitrogens with zero attached hydrogens (tertiary/aromatic N) is 5. The number of aromatic nitrogens is 5. The van der Waals surface area contributed by atoms with E-state index >= 15 is 0 Å². The standard InChI is InChI=1S/C55H35N5/c1-3-17-36(18-4-1)41-21-7-8-25-45(41)54-56-53(37-19-5-2-6-20-37)57-55(58-54)46-26-12-16-30-51(46)60-50-29-15-11-24-44(50)47-34-39-33-40(32-31-38(39)35-52(47)60)59-48-27-13-9-22-42(48)43-23-10-14-28-49(43)59/h1-35H. The summed E-state index contributed by atoms with van der Waals surface area (Å²) in [5.41, 5.74) is 11.7. The largest absolute Gasteiger partial charge is 0.309 e. The molecule has 12 aromatic rings. The van der Waals surface area contributed by atoms with E-state index in [0.717, 1.165) is 50.2 Å². The van der Waals surface area contributed by atoms with E-state index in [0.29, 0.717) is 17.5 Å². The van der Waals surface area contributed by atoms with Gasteiger partial charge in [-0.3, -0.25) is 0 Å². The molecule has 5 nitrogen and oxygen atoms in total. The Morgan fingerprint density at radius 3 is 1.47 bits per heavy atom. The van der Waals surface area contributed by atoms with Gasteiger partial charge >= 0.3 is 0 Å². The highest BCUT2D eigenvalue weighted by molar-refractivity contribution is 6.14. The van der Waals surface area contributed by atoms with Crippen LogP contribution in [-0.4, -0.2) is 24.1 Å². The van der Waals surface area contributed by atoms with Gasteiger partial charge in [0.05, 0.1) is 27.8 Å². The van der Waals surface area contributed by atoms with E-state index in [1.165, 1.54) is 43.4 Å². The first-order chi connectivity index (χ1) is 29.8. The van der Waals surface area contributed by atoms with Gasteiger partial charge in [-0.15, -0.1) is 0 Å². The fraction of sp³-hybridized carbons (Fsp3) is 0. The molecule has 0 aliphatic carbocycles. The third-order valence-corrected chi connectivity index (χ3v) is 11.8. The summed E-state index contributed by atoms with van der Waals surface area (Å²) >= 11 is 0. The maximum Gasteiger partial charge on any atom is 0.166 e. The smallest absolute Gasteiger partial charge is 0.166 e. The van der Waals surface area contributed by atoms with Crippen LogP contribution in [-0.2, 0) is 0 Å². The van der Waals surface area contributed by atoms with Gasteiger partial charge in [0.15, 0.2) is 17.5 Å². The third kappa shape index (κ3) is 5.44. The van der Waals surface area contributed by atoms with Gasteiger partial charge in [0.25, 0.3) is 0 Å². The number of hydrogen-bond donors (Lipinski definition) is 0. The summed E-state index contributed by atoms with van der Waals surface area (Å²) in [5.74, 6) is 1.86. The average Bonchev–Trinajstić information content (AvgIpc) is 3.83. The van der Waals surface area contributed by atoms with Crippen LogP contribution in [0.25, 0.3) is 111 Å². The van der Waals surface area contributed by atoms with Crippen molar-refractivity contribution in [1.29, 1.82) is 0 Å². The molecule has 0 saturated heterocycles. The lowest BCUT2D eigenvalue weighted by molar-refractivity contribution is 1.06. The molecule has 0 saturated carbocycles. The van der Waals surface area contributed by atoms with E-state index in [1.807, 2.05) is 24.3 Å². The van der Waals surface area contributed by atoms with E-state index < -0.39 is 0 Å². The van der Waals surface area contributed by atoms with Gasteiger partial charge in [0.1, 0.15) is 0 Å². The maximum atomic E-state index is 5.31. The number of fused-ring (bicyclic) bond motifs is 7. The Kier molecular flexibility index (Phi) is 7.78. The number of benzene rings is 9. The fourth-order valence-corrected chi connectivity index (χ4v) is 9.04. The molecule has 3 aromatic heterocycles. The summed E-state index contributed by atoms with van der Waals surface area (Å²) in [7, 11) is 0. The van der Waals surface area contributed by atoms with Crippen molar-refractivity contribution >= 4 is 54.4 Å². The Morgan fingerprint density at radius 1 is 0.283 bits per heavy atom. The Hall–Kier alpha value is -8.15. The first kappa shape index (κ1) is 33.9. The van der Waals surface area contributed by atoms with E-state index in [-0.39, 0.29) is 0 Å². The molecule has 5 heteroatoms. The Labute approximate surface area is 346 Å². The van der Waals surface area contributed by atoms with Gasteiger partial charge in [-0.1, -0.05) is 158 Å². The van der Waals surface area contributed by atoms with E-state index in [1.54, 1.807) is 0 Å². The van der Waals surface area contributed by atoms with Crippen LogP contribution in [0.3, 0.4) is 0 Å². The summed E-state index contributed by atoms with van der Waals surface area (Å²) in [6.07, 6.45) is 0. The predicted octanol–water partition coefficient (Wildman–Crippen LogP) is 13.9. The lowest BCUT2D eigenvalue weighted by Gasteiger charge is -2.15. The Bertz CT molecular complexity index is 3550. The molecule has 12 rings (SSSR count). The lowest BCUT2D eigenvalue weighted by Crippen LogP contribution is -2.04. The van der Waals surface area contributed by atoms with Crippen LogP contribution in [0.1, 0.15) is 0 Å². The molecule has 0 unspecified atom stereocenters. The van der Waals surface area contributed by atoms with Crippen molar-refractivity contribution < 1.29 is 0 Å². The van der Waals surface area contributed by atoms with Crippen molar-refractivity contribution in [3.63, 3.8) is 0 Å². The van der Waals surface area contributed by atoms with Gasteiger partial charge in [-0.2, -0.15) is 0 Å². The van der Waals surface area contributed by atoms with E-state index in [9.17, 15) is 0 Å². The first-order valence-corrected chi connectivity index (χ1v) is 20.3. The Morgan fingerprint density at radius 2 is 0.783 bits per heavy atom. The normalized spacial score (nSPS) is 11.7. The highest BCUT2D eigenvalue weighted by Gasteiger charge is 2.21. The number of para-hydroxylation sites is 4. The highest BCUT2D eigenvalue weighted by atomic mass is 15.1. The maximum absolute atomic E-state index is 5.31. The minimum atomic E-state index is 0.611. The summed E-state index contributed by atoms with van der Waals surface area (Å²) in [6, 6.07) is 75.1. The molecule has 0 amide bonds. The molecule has 0 aliphatic rings. The second kappa shape index (κ2) is 13.8. The van der Waals surface area contributed by atoms with Crippen LogP contribution in [0.5, 0.6) is 0 Å². The van der Waals surface area contributed by atoms with Crippen LogP contribution in [0.15, 0.2) is 212 Å². The molecule has 60 heavy (non-hydrogen) atoms. The van der Waals surface area contributed by atoms with Crippen molar-refractivity contribution in [3.8, 4) is 56.7 Å². The topological polar surface area (TPSA) is 48.5 Å². The van der Waals surface area contributed by atoms with Crippen LogP contribution in [0.2, 0.25) is 0 Å². The van der Waals surface area contributed by atoms with Crippen molar-refractivity contribution in [1.82, 2.24) is 24.1 Å². The van der Waals surface area contributed by atoms with Crippen LogP contribution in [0, 0.1) is 0 Å². The zero-order valence-electron chi connectivity index (χ0n) is 32.4. The van der Waals surface area contributed by atoms with Gasteiger partial charge < -0.3 is 9.13 Å². The predicted molar refractivity (Wildman–Crippen MR) is 248 cm³/mol. The zero-order valence-corrected chi connectivity index (χ0v) is 32.4. The van der Waals surface area contributed by atoms with Crippen LogP contribution < -0.4 is 0 Å². The van der Waals surface area contributed by atoms with E-state index in [4.69, 9.17) is 15.0 Å². The van der Waals surface area contributed by atoms with Crippen molar-refractivity contribution in [2.75, 3.05) is 0 Å². The van der Waals surface area contributed by atoms with Crippen molar-refractivity contribution in [2.24, 2.45) is 0 Å². The summed E-state index contributed by atoms with van der Waals surface area (Å²) in [6.45, 7) is 0. The SMILES string of the molecule is c1ccc(-c2nc(-c3ccccc3-c3ccccc3)nc(-c3ccccc3-n3c4ccccc4c4cc5cc(-n6c7ccccc7c7ccccc76)ccc5cc43)n2)cc1. The molecule has 0 atom stereocenters. The average molecular weight is 766 g/mol.